The average molecular weight is 113 g/mol. The molecule has 4 nitrogen and oxygen atoms in total. The molecule has 4 heteroatoms. The molecule has 2 N–H and O–H groups in total. The maximum atomic E-state index is 9.95. The molecule has 0 saturated carbocycles. The van der Waals surface area contributed by atoms with E-state index < -0.39 is 0 Å². The lowest BCUT2D eigenvalue weighted by Crippen LogP contribution is -2.06. The molecule has 0 aromatic carbocycles. The van der Waals surface area contributed by atoms with Gasteiger partial charge in [-0.2, -0.15) is 0 Å². The van der Waals surface area contributed by atoms with Gasteiger partial charge in [0.2, 0.25) is 0 Å². The summed E-state index contributed by atoms with van der Waals surface area (Å²) in [6.07, 6.45) is 1.55. The molecular weight excluding hydrogens is 108 g/mol. The topological polar surface area (TPSA) is 62.3 Å². The van der Waals surface area contributed by atoms with Gasteiger partial charge >= 0.3 is 0 Å². The van der Waals surface area contributed by atoms with E-state index in [0.29, 0.717) is 0 Å². The second-order valence-corrected chi connectivity index (χ2v) is 1.33. The van der Waals surface area contributed by atoms with E-state index in [1.165, 1.54) is 6.07 Å². The number of hydrogen-bond donors (Lipinski definition) is 2. The highest BCUT2D eigenvalue weighted by molar-refractivity contribution is 5.34. The fourth-order valence-corrected chi connectivity index (χ4v) is 0.440. The molecule has 44 valence electrons. The number of H-pyrrole nitrogens is 1. The van der Waals surface area contributed by atoms with E-state index in [4.69, 9.17) is 5.21 Å². The summed E-state index contributed by atoms with van der Waals surface area (Å²) >= 11 is 0. The van der Waals surface area contributed by atoms with E-state index in [1.807, 2.05) is 0 Å². The minimum absolute atomic E-state index is 0.144. The first-order chi connectivity index (χ1) is 3.80. The van der Waals surface area contributed by atoms with Crippen molar-refractivity contribution in [3.63, 3.8) is 0 Å². The molecule has 0 spiro atoms. The van der Waals surface area contributed by atoms with Gasteiger partial charge in [-0.3, -0.25) is 5.21 Å². The summed E-state index contributed by atoms with van der Waals surface area (Å²) in [5.74, 6) is 0.144. The van der Waals surface area contributed by atoms with Crippen molar-refractivity contribution in [1.82, 2.24) is 4.98 Å². The molecule has 1 aromatic heterocycles. The highest BCUT2D eigenvalue weighted by Gasteiger charge is 1.85. The molecule has 0 atom stereocenters. The Labute approximate surface area is 45.9 Å². The van der Waals surface area contributed by atoms with E-state index in [1.54, 1.807) is 12.3 Å². The van der Waals surface area contributed by atoms with Gasteiger partial charge in [0.1, 0.15) is 5.82 Å². The molecule has 0 bridgehead atoms. The molecule has 1 heterocycles. The van der Waals surface area contributed by atoms with Crippen LogP contribution in [0.5, 0.6) is 0 Å². The smallest absolute Gasteiger partial charge is 0.119 e. The molecule has 0 aliphatic carbocycles. The summed E-state index contributed by atoms with van der Waals surface area (Å²) < 4.78 is 0. The van der Waals surface area contributed by atoms with E-state index in [0.717, 1.165) is 0 Å². The van der Waals surface area contributed by atoms with Crippen LogP contribution >= 0.6 is 0 Å². The number of nitrogens with zero attached hydrogens (tertiary/aromatic N) is 1. The van der Waals surface area contributed by atoms with Crippen LogP contribution in [0, 0.1) is 5.21 Å². The van der Waals surface area contributed by atoms with Crippen LogP contribution < -0.4 is 5.23 Å². The molecule has 8 heavy (non-hydrogen) atoms. The molecule has 0 aliphatic heterocycles. The Bertz CT molecular complexity index is 147. The lowest BCUT2D eigenvalue weighted by Gasteiger charge is -2.18. The summed E-state index contributed by atoms with van der Waals surface area (Å²) in [6.45, 7) is 0. The van der Waals surface area contributed by atoms with Gasteiger partial charge in [-0.1, -0.05) is 0 Å². The Morgan fingerprint density at radius 1 is 1.75 bits per heavy atom. The van der Waals surface area contributed by atoms with Crippen molar-refractivity contribution in [2.45, 2.75) is 0 Å². The van der Waals surface area contributed by atoms with Crippen LogP contribution in [0.4, 0.5) is 5.82 Å². The molecule has 0 amide bonds. The monoisotopic (exact) mass is 113 g/mol. The zero-order valence-corrected chi connectivity index (χ0v) is 4.03. The van der Waals surface area contributed by atoms with Crippen molar-refractivity contribution in [1.29, 1.82) is 0 Å². The third-order valence-corrected chi connectivity index (χ3v) is 0.788. The molecular formula is C4H5N2O2-. The first-order valence-corrected chi connectivity index (χ1v) is 2.10. The molecule has 0 radical (unpaired) electrons. The third-order valence-electron chi connectivity index (χ3n) is 0.788. The van der Waals surface area contributed by atoms with Crippen molar-refractivity contribution in [3.05, 3.63) is 23.5 Å². The molecule has 0 fully saturated rings. The summed E-state index contributed by atoms with van der Waals surface area (Å²) in [5, 5.41) is 17.9. The average Bonchev–Trinajstić information content (AvgIpc) is 2.12. The van der Waals surface area contributed by atoms with Crippen LogP contribution in [-0.4, -0.2) is 10.2 Å². The summed E-state index contributed by atoms with van der Waals surface area (Å²) in [5.41, 5.74) is 0. The quantitative estimate of drug-likeness (QED) is 0.527. The number of aromatic amines is 1. The Hall–Kier alpha value is -1.00. The van der Waals surface area contributed by atoms with E-state index in [-0.39, 0.29) is 11.0 Å². The molecule has 1 aromatic rings. The minimum atomic E-state index is -0.222. The number of rotatable bonds is 1. The number of aromatic nitrogens is 1. The fraction of sp³-hybridized carbons (Fsp3) is 0. The number of nitrogens with one attached hydrogen (secondary N) is 1. The first kappa shape index (κ1) is 5.14. The van der Waals surface area contributed by atoms with Crippen molar-refractivity contribution in [3.8, 4) is 0 Å². The van der Waals surface area contributed by atoms with Crippen LogP contribution in [-0.2, 0) is 0 Å². The number of anilines is 1. The summed E-state index contributed by atoms with van der Waals surface area (Å²) in [7, 11) is 0. The highest BCUT2D eigenvalue weighted by Crippen LogP contribution is 2.03. The van der Waals surface area contributed by atoms with Crippen molar-refractivity contribution in [2.24, 2.45) is 0 Å². The van der Waals surface area contributed by atoms with Crippen molar-refractivity contribution >= 4 is 5.82 Å². The Balaban J connectivity index is 2.77. The predicted molar refractivity (Wildman–Crippen MR) is 28.4 cm³/mol. The maximum absolute atomic E-state index is 9.95. The first-order valence-electron chi connectivity index (χ1n) is 2.10. The molecule has 1 rings (SSSR count). The van der Waals surface area contributed by atoms with Crippen LogP contribution in [0.25, 0.3) is 0 Å². The lowest BCUT2D eigenvalue weighted by atomic mass is 10.6. The van der Waals surface area contributed by atoms with Gasteiger partial charge in [0.05, 0.1) is 0 Å². The van der Waals surface area contributed by atoms with Crippen molar-refractivity contribution in [2.75, 3.05) is 5.23 Å². The largest absolute Gasteiger partial charge is 0.732 e. The van der Waals surface area contributed by atoms with E-state index in [9.17, 15) is 5.21 Å². The Kier molecular flexibility index (Phi) is 1.19. The number of hydrogen-bond acceptors (Lipinski definition) is 3. The van der Waals surface area contributed by atoms with Gasteiger partial charge in [0, 0.05) is 6.20 Å². The van der Waals surface area contributed by atoms with Crippen molar-refractivity contribution < 1.29 is 5.21 Å². The van der Waals surface area contributed by atoms with Gasteiger partial charge in [-0.25, -0.2) is 0 Å². The van der Waals surface area contributed by atoms with Crippen LogP contribution in [0.15, 0.2) is 18.3 Å². The molecule has 0 saturated heterocycles. The van der Waals surface area contributed by atoms with Crippen LogP contribution in [0.1, 0.15) is 0 Å². The highest BCUT2D eigenvalue weighted by atomic mass is 16.8. The van der Waals surface area contributed by atoms with E-state index >= 15 is 0 Å². The second kappa shape index (κ2) is 1.85. The second-order valence-electron chi connectivity index (χ2n) is 1.33. The van der Waals surface area contributed by atoms with Gasteiger partial charge in [0.25, 0.3) is 0 Å². The Morgan fingerprint density at radius 3 is 2.75 bits per heavy atom. The summed E-state index contributed by atoms with van der Waals surface area (Å²) in [6, 6.07) is 3.09. The SMILES string of the molecule is [O-]N(O)c1ccc[nH]1. The Morgan fingerprint density at radius 2 is 2.50 bits per heavy atom. The maximum Gasteiger partial charge on any atom is 0.119 e. The van der Waals surface area contributed by atoms with Crippen LogP contribution in [0.3, 0.4) is 0 Å². The normalized spacial score (nSPS) is 9.25. The molecule has 0 unspecified atom stereocenters. The van der Waals surface area contributed by atoms with Gasteiger partial charge < -0.3 is 15.4 Å². The van der Waals surface area contributed by atoms with Crippen LogP contribution in [0.2, 0.25) is 0 Å². The lowest BCUT2D eigenvalue weighted by molar-refractivity contribution is 0.293. The minimum Gasteiger partial charge on any atom is -0.732 e. The summed E-state index contributed by atoms with van der Waals surface area (Å²) in [4.78, 5) is 2.50. The zero-order valence-electron chi connectivity index (χ0n) is 4.03. The van der Waals surface area contributed by atoms with E-state index in [2.05, 4.69) is 4.98 Å². The fourth-order valence-electron chi connectivity index (χ4n) is 0.440. The molecule has 0 aliphatic rings. The predicted octanol–water partition coefficient (Wildman–Crippen LogP) is 0.708. The standard InChI is InChI=1S/C4H5N2O2/c7-6(8)4-2-1-3-5-4/h1-3,5,7H/q-1. The van der Waals surface area contributed by atoms with Gasteiger partial charge in [0.15, 0.2) is 0 Å². The zero-order chi connectivity index (χ0) is 5.98. The van der Waals surface area contributed by atoms with Gasteiger partial charge in [-0.05, 0) is 12.1 Å². The third kappa shape index (κ3) is 0.800. The van der Waals surface area contributed by atoms with Gasteiger partial charge in [-0.15, -0.1) is 0 Å².